The molecule has 104 valence electrons. The fraction of sp³-hybridized carbons (Fsp3) is 0.200. The summed E-state index contributed by atoms with van der Waals surface area (Å²) in [6.45, 7) is 1.89. The van der Waals surface area contributed by atoms with Crippen LogP contribution in [0.5, 0.6) is 5.75 Å². The smallest absolute Gasteiger partial charge is 0.244 e. The van der Waals surface area contributed by atoms with E-state index < -0.39 is 11.9 Å². The maximum absolute atomic E-state index is 11.6. The lowest BCUT2D eigenvalue weighted by Gasteiger charge is -2.17. The van der Waals surface area contributed by atoms with E-state index in [0.29, 0.717) is 0 Å². The van der Waals surface area contributed by atoms with Crippen LogP contribution in [0.1, 0.15) is 17.3 Å². The van der Waals surface area contributed by atoms with Gasteiger partial charge in [-0.2, -0.15) is 0 Å². The number of aryl methyl sites for hydroxylation is 1. The molecule has 2 aromatic rings. The molecule has 0 aliphatic carbocycles. The Bertz CT molecular complexity index is 579. The van der Waals surface area contributed by atoms with Gasteiger partial charge in [0.15, 0.2) is 0 Å². The molecule has 0 spiro atoms. The van der Waals surface area contributed by atoms with Crippen molar-refractivity contribution in [2.75, 3.05) is 12.4 Å². The molecule has 0 aliphatic heterocycles. The highest BCUT2D eigenvalue weighted by Gasteiger charge is 2.17. The van der Waals surface area contributed by atoms with Gasteiger partial charge in [0, 0.05) is 23.1 Å². The monoisotopic (exact) mass is 271 g/mol. The standard InChI is InChI=1S/C15H17N3O2/c1-10-3-4-11(9-17-10)14(15(16)19)18-12-5-7-13(20-2)8-6-12/h3-9,14,18H,1-2H3,(H2,16,19). The average Bonchev–Trinajstić information content (AvgIpc) is 2.46. The van der Waals surface area contributed by atoms with Gasteiger partial charge in [-0.3, -0.25) is 9.78 Å². The van der Waals surface area contributed by atoms with Crippen LogP contribution >= 0.6 is 0 Å². The third-order valence-corrected chi connectivity index (χ3v) is 2.95. The van der Waals surface area contributed by atoms with Crippen LogP contribution in [0.15, 0.2) is 42.6 Å². The lowest BCUT2D eigenvalue weighted by molar-refractivity contribution is -0.118. The summed E-state index contributed by atoms with van der Waals surface area (Å²) in [6, 6.07) is 10.4. The van der Waals surface area contributed by atoms with Crippen LogP contribution in [0.4, 0.5) is 5.69 Å². The zero-order chi connectivity index (χ0) is 14.5. The van der Waals surface area contributed by atoms with E-state index in [1.807, 2.05) is 43.3 Å². The Morgan fingerprint density at radius 3 is 2.45 bits per heavy atom. The van der Waals surface area contributed by atoms with Gasteiger partial charge in [-0.05, 0) is 37.3 Å². The maximum Gasteiger partial charge on any atom is 0.244 e. The Balaban J connectivity index is 2.20. The number of amides is 1. The summed E-state index contributed by atoms with van der Waals surface area (Å²) in [5, 5.41) is 3.10. The van der Waals surface area contributed by atoms with Crippen LogP contribution in [-0.2, 0) is 4.79 Å². The molecule has 0 saturated carbocycles. The van der Waals surface area contributed by atoms with E-state index in [2.05, 4.69) is 10.3 Å². The van der Waals surface area contributed by atoms with E-state index >= 15 is 0 Å². The molecule has 2 rings (SSSR count). The van der Waals surface area contributed by atoms with Crippen LogP contribution in [0, 0.1) is 6.92 Å². The second-order valence-corrected chi connectivity index (χ2v) is 4.44. The number of carbonyl (C=O) groups excluding carboxylic acids is 1. The average molecular weight is 271 g/mol. The van der Waals surface area contributed by atoms with E-state index in [0.717, 1.165) is 22.7 Å². The fourth-order valence-electron chi connectivity index (χ4n) is 1.82. The highest BCUT2D eigenvalue weighted by Crippen LogP contribution is 2.21. The lowest BCUT2D eigenvalue weighted by Crippen LogP contribution is -2.27. The molecule has 1 aromatic carbocycles. The van der Waals surface area contributed by atoms with Crippen molar-refractivity contribution in [1.29, 1.82) is 0 Å². The number of aromatic nitrogens is 1. The van der Waals surface area contributed by atoms with Gasteiger partial charge in [0.05, 0.1) is 7.11 Å². The summed E-state index contributed by atoms with van der Waals surface area (Å²) in [5.41, 5.74) is 7.87. The fourth-order valence-corrected chi connectivity index (χ4v) is 1.82. The van der Waals surface area contributed by atoms with Gasteiger partial charge in [0.25, 0.3) is 0 Å². The molecule has 1 aromatic heterocycles. The Hall–Kier alpha value is -2.56. The molecule has 1 unspecified atom stereocenters. The number of carbonyl (C=O) groups is 1. The summed E-state index contributed by atoms with van der Waals surface area (Å²) in [7, 11) is 1.60. The third kappa shape index (κ3) is 3.26. The molecule has 1 amide bonds. The summed E-state index contributed by atoms with van der Waals surface area (Å²) in [6.07, 6.45) is 1.65. The molecule has 0 bridgehead atoms. The molecule has 5 heteroatoms. The largest absolute Gasteiger partial charge is 0.497 e. The minimum absolute atomic E-state index is 0.452. The van der Waals surface area contributed by atoms with Gasteiger partial charge < -0.3 is 15.8 Å². The molecule has 0 saturated heterocycles. The number of nitrogens with two attached hydrogens (primary N) is 1. The summed E-state index contributed by atoms with van der Waals surface area (Å²) < 4.78 is 5.09. The van der Waals surface area contributed by atoms with Crippen LogP contribution in [0.25, 0.3) is 0 Å². The Morgan fingerprint density at radius 1 is 1.25 bits per heavy atom. The molecule has 1 atom stereocenters. The number of anilines is 1. The second kappa shape index (κ2) is 6.06. The first-order valence-electron chi connectivity index (χ1n) is 6.22. The quantitative estimate of drug-likeness (QED) is 0.872. The maximum atomic E-state index is 11.6. The van der Waals surface area contributed by atoms with Crippen molar-refractivity contribution in [3.05, 3.63) is 53.9 Å². The van der Waals surface area contributed by atoms with Gasteiger partial charge in [-0.15, -0.1) is 0 Å². The number of hydrogen-bond acceptors (Lipinski definition) is 4. The molecular weight excluding hydrogens is 254 g/mol. The number of pyridine rings is 1. The van der Waals surface area contributed by atoms with E-state index in [9.17, 15) is 4.79 Å². The summed E-state index contributed by atoms with van der Waals surface area (Å²) in [5.74, 6) is 0.301. The predicted octanol–water partition coefficient (Wildman–Crippen LogP) is 2.04. The summed E-state index contributed by atoms with van der Waals surface area (Å²) >= 11 is 0. The van der Waals surface area contributed by atoms with Crippen molar-refractivity contribution in [1.82, 2.24) is 4.98 Å². The van der Waals surface area contributed by atoms with Crippen molar-refractivity contribution >= 4 is 11.6 Å². The van der Waals surface area contributed by atoms with Crippen molar-refractivity contribution in [3.8, 4) is 5.75 Å². The molecule has 1 heterocycles. The number of nitrogens with one attached hydrogen (secondary N) is 1. The van der Waals surface area contributed by atoms with E-state index in [1.165, 1.54) is 0 Å². The molecule has 0 radical (unpaired) electrons. The normalized spacial score (nSPS) is 11.7. The molecule has 0 aliphatic rings. The first kappa shape index (κ1) is 13.9. The number of methoxy groups -OCH3 is 1. The van der Waals surface area contributed by atoms with Crippen molar-refractivity contribution in [2.45, 2.75) is 13.0 Å². The number of benzene rings is 1. The Morgan fingerprint density at radius 2 is 1.95 bits per heavy atom. The van der Waals surface area contributed by atoms with Gasteiger partial charge in [0.1, 0.15) is 11.8 Å². The van der Waals surface area contributed by atoms with Crippen LogP contribution in [0.2, 0.25) is 0 Å². The predicted molar refractivity (Wildman–Crippen MR) is 77.5 cm³/mol. The van der Waals surface area contributed by atoms with E-state index in [1.54, 1.807) is 13.3 Å². The van der Waals surface area contributed by atoms with Crippen molar-refractivity contribution in [3.63, 3.8) is 0 Å². The second-order valence-electron chi connectivity index (χ2n) is 4.44. The highest BCUT2D eigenvalue weighted by atomic mass is 16.5. The van der Waals surface area contributed by atoms with Crippen LogP contribution in [0.3, 0.4) is 0 Å². The third-order valence-electron chi connectivity index (χ3n) is 2.95. The van der Waals surface area contributed by atoms with Gasteiger partial charge in [0.2, 0.25) is 5.91 Å². The number of ether oxygens (including phenoxy) is 1. The zero-order valence-electron chi connectivity index (χ0n) is 11.5. The lowest BCUT2D eigenvalue weighted by atomic mass is 10.1. The number of nitrogens with zero attached hydrogens (tertiary/aromatic N) is 1. The van der Waals surface area contributed by atoms with Gasteiger partial charge in [-0.1, -0.05) is 6.07 Å². The molecule has 20 heavy (non-hydrogen) atoms. The van der Waals surface area contributed by atoms with Gasteiger partial charge in [-0.25, -0.2) is 0 Å². The van der Waals surface area contributed by atoms with Gasteiger partial charge >= 0.3 is 0 Å². The minimum atomic E-state index is -0.614. The number of hydrogen-bond donors (Lipinski definition) is 2. The SMILES string of the molecule is COc1ccc(NC(C(N)=O)c2ccc(C)nc2)cc1. The minimum Gasteiger partial charge on any atom is -0.497 e. The molecule has 5 nitrogen and oxygen atoms in total. The van der Waals surface area contributed by atoms with Crippen LogP contribution < -0.4 is 15.8 Å². The highest BCUT2D eigenvalue weighted by molar-refractivity contribution is 5.84. The first-order chi connectivity index (χ1) is 9.60. The van der Waals surface area contributed by atoms with Crippen molar-refractivity contribution in [2.24, 2.45) is 5.73 Å². The number of primary amides is 1. The van der Waals surface area contributed by atoms with Crippen LogP contribution in [-0.4, -0.2) is 18.0 Å². The van der Waals surface area contributed by atoms with Crippen molar-refractivity contribution < 1.29 is 9.53 Å². The topological polar surface area (TPSA) is 77.2 Å². The van der Waals surface area contributed by atoms with E-state index in [4.69, 9.17) is 10.5 Å². The number of rotatable bonds is 5. The first-order valence-corrected chi connectivity index (χ1v) is 6.22. The zero-order valence-corrected chi connectivity index (χ0v) is 11.5. The molecule has 0 fully saturated rings. The summed E-state index contributed by atoms with van der Waals surface area (Å²) in [4.78, 5) is 15.8. The molecule has 3 N–H and O–H groups in total. The van der Waals surface area contributed by atoms with E-state index in [-0.39, 0.29) is 0 Å². The Kier molecular flexibility index (Phi) is 4.20. The Labute approximate surface area is 117 Å². The molecular formula is C15H17N3O2.